The van der Waals surface area contributed by atoms with Crippen molar-refractivity contribution in [3.8, 4) is 6.07 Å². The number of hydrogen-bond donors (Lipinski definition) is 0. The molecule has 0 heterocycles. The molecule has 17 heavy (non-hydrogen) atoms. The van der Waals surface area contributed by atoms with Crippen LogP contribution in [-0.4, -0.2) is 0 Å². The molecule has 1 rings (SSSR count). The molecule has 0 aromatic heterocycles. The van der Waals surface area contributed by atoms with Crippen LogP contribution < -0.4 is 18.9 Å². The van der Waals surface area contributed by atoms with E-state index in [2.05, 4.69) is 35.8 Å². The van der Waals surface area contributed by atoms with Crippen LogP contribution in [0.25, 0.3) is 6.08 Å². The molecule has 0 saturated carbocycles. The van der Waals surface area contributed by atoms with Gasteiger partial charge in [0.2, 0.25) is 0 Å². The molecule has 0 aliphatic heterocycles. The number of rotatable bonds is 2. The van der Waals surface area contributed by atoms with Crippen molar-refractivity contribution in [1.29, 1.82) is 5.26 Å². The van der Waals surface area contributed by atoms with E-state index in [-0.39, 0.29) is 18.9 Å². The molecule has 0 bridgehead atoms. The maximum Gasteiger partial charge on any atom is 1.00 e. The maximum absolute atomic E-state index is 8.63. The minimum atomic E-state index is 0. The number of hydrogen-bond acceptors (Lipinski definition) is 1. The van der Waals surface area contributed by atoms with Gasteiger partial charge in [0.05, 0.1) is 11.6 Å². The fraction of sp³-hybridized carbons (Fsp3) is 0.286. The molecule has 0 N–H and O–H groups in total. The molecule has 1 nitrogen and oxygen atoms in total. The van der Waals surface area contributed by atoms with E-state index < -0.39 is 0 Å². The third-order valence-electron chi connectivity index (χ3n) is 1.82. The Morgan fingerprint density at radius 3 is 2.47 bits per heavy atom. The van der Waals surface area contributed by atoms with Crippen molar-refractivity contribution in [2.45, 2.75) is 26.7 Å². The summed E-state index contributed by atoms with van der Waals surface area (Å²) in [5.41, 5.74) is 1.72. The van der Waals surface area contributed by atoms with E-state index in [9.17, 15) is 0 Å². The Morgan fingerprint density at radius 2 is 2.06 bits per heavy atom. The normalized spacial score (nSPS) is 8.88. The zero-order chi connectivity index (χ0) is 12.4. The Bertz CT molecular complexity index is 378. The summed E-state index contributed by atoms with van der Waals surface area (Å²) in [5.74, 6) is 0. The first-order valence-corrected chi connectivity index (χ1v) is 6.10. The predicted molar refractivity (Wildman–Crippen MR) is 73.8 cm³/mol. The van der Waals surface area contributed by atoms with Gasteiger partial charge in [0.25, 0.3) is 0 Å². The number of nitrogens with zero attached hydrogens (tertiary/aromatic N) is 1. The maximum atomic E-state index is 8.63. The standard InChI is InChI=1S/C10H8BrN.C4H9.Li/c1-2-3-9-6-8(7-12)4-5-10(9)11;1-3-4-2;/h2-6H,1H3;1,3-4H2,2H3;/q;-1;+1. The van der Waals surface area contributed by atoms with Crippen LogP contribution in [-0.2, 0) is 0 Å². The minimum absolute atomic E-state index is 0. The van der Waals surface area contributed by atoms with E-state index in [1.165, 1.54) is 6.42 Å². The van der Waals surface area contributed by atoms with Gasteiger partial charge in [-0.3, -0.25) is 0 Å². The summed E-state index contributed by atoms with van der Waals surface area (Å²) in [6, 6.07) is 7.62. The van der Waals surface area contributed by atoms with Crippen molar-refractivity contribution in [2.24, 2.45) is 0 Å². The van der Waals surface area contributed by atoms with Crippen LogP contribution in [0.2, 0.25) is 0 Å². The van der Waals surface area contributed by atoms with E-state index in [1.807, 2.05) is 31.2 Å². The molecule has 3 heteroatoms. The van der Waals surface area contributed by atoms with Crippen molar-refractivity contribution in [3.63, 3.8) is 0 Å². The Kier molecular flexibility index (Phi) is 13.3. The van der Waals surface area contributed by atoms with Gasteiger partial charge >= 0.3 is 18.9 Å². The molecule has 0 aliphatic rings. The smallest absolute Gasteiger partial charge is 0.343 e. The van der Waals surface area contributed by atoms with Crippen molar-refractivity contribution < 1.29 is 18.9 Å². The molecule has 0 saturated heterocycles. The summed E-state index contributed by atoms with van der Waals surface area (Å²) in [4.78, 5) is 0. The number of unbranched alkanes of at least 4 members (excludes halogenated alkanes) is 1. The summed E-state index contributed by atoms with van der Waals surface area (Å²) >= 11 is 3.40. The third kappa shape index (κ3) is 8.28. The van der Waals surface area contributed by atoms with Gasteiger partial charge in [-0.05, 0) is 30.7 Å². The summed E-state index contributed by atoms with van der Waals surface area (Å²) in [6.07, 6.45) is 6.19. The molecule has 1 aromatic carbocycles. The first-order chi connectivity index (χ1) is 7.69. The fourth-order valence-corrected chi connectivity index (χ4v) is 1.30. The van der Waals surface area contributed by atoms with Crippen molar-refractivity contribution >= 4 is 22.0 Å². The van der Waals surface area contributed by atoms with Gasteiger partial charge in [-0.25, -0.2) is 0 Å². The van der Waals surface area contributed by atoms with Crippen LogP contribution in [0.3, 0.4) is 0 Å². The van der Waals surface area contributed by atoms with E-state index in [0.29, 0.717) is 5.56 Å². The molecule has 0 amide bonds. The largest absolute Gasteiger partial charge is 1.00 e. The molecule has 0 fully saturated rings. The van der Waals surface area contributed by atoms with Gasteiger partial charge in [-0.1, -0.05) is 41.4 Å². The number of nitriles is 1. The molecule has 86 valence electrons. The van der Waals surface area contributed by atoms with Crippen LogP contribution in [0.15, 0.2) is 28.7 Å². The van der Waals surface area contributed by atoms with E-state index in [1.54, 1.807) is 6.07 Å². The predicted octanol–water partition coefficient (Wildman–Crippen LogP) is 1.98. The second kappa shape index (κ2) is 12.0. The average molecular weight is 286 g/mol. The molecule has 0 unspecified atom stereocenters. The third-order valence-corrected chi connectivity index (χ3v) is 2.55. The van der Waals surface area contributed by atoms with Crippen LogP contribution in [0.5, 0.6) is 0 Å². The van der Waals surface area contributed by atoms with Crippen LogP contribution in [0.1, 0.15) is 37.8 Å². The van der Waals surface area contributed by atoms with Gasteiger partial charge in [0.1, 0.15) is 0 Å². The summed E-state index contributed by atoms with van der Waals surface area (Å²) < 4.78 is 1.01. The van der Waals surface area contributed by atoms with Crippen molar-refractivity contribution in [2.75, 3.05) is 0 Å². The van der Waals surface area contributed by atoms with E-state index >= 15 is 0 Å². The van der Waals surface area contributed by atoms with Gasteiger partial charge in [-0.2, -0.15) is 11.7 Å². The molecular formula is C14H17BrLiN. The molecule has 0 radical (unpaired) electrons. The molecular weight excluding hydrogens is 269 g/mol. The second-order valence-electron chi connectivity index (χ2n) is 3.20. The SMILES string of the molecule is CC=Cc1cc(C#N)ccc1Br.[CH2-]CCC.[Li+]. The van der Waals surface area contributed by atoms with Crippen LogP contribution >= 0.6 is 15.9 Å². The summed E-state index contributed by atoms with van der Waals surface area (Å²) in [5, 5.41) is 8.63. The number of allylic oxidation sites excluding steroid dienone is 1. The number of halogens is 1. The molecule has 0 spiro atoms. The summed E-state index contributed by atoms with van der Waals surface area (Å²) in [7, 11) is 0. The van der Waals surface area contributed by atoms with Crippen molar-refractivity contribution in [3.05, 3.63) is 46.8 Å². The van der Waals surface area contributed by atoms with Gasteiger partial charge in [0, 0.05) is 4.47 Å². The second-order valence-corrected chi connectivity index (χ2v) is 4.06. The van der Waals surface area contributed by atoms with Crippen LogP contribution in [0, 0.1) is 18.3 Å². The van der Waals surface area contributed by atoms with E-state index in [4.69, 9.17) is 5.26 Å². The molecule has 0 aliphatic carbocycles. The average Bonchev–Trinajstić information content (AvgIpc) is 2.32. The van der Waals surface area contributed by atoms with Gasteiger partial charge in [0.15, 0.2) is 0 Å². The Hall–Kier alpha value is -0.473. The monoisotopic (exact) mass is 285 g/mol. The Labute approximate surface area is 125 Å². The van der Waals surface area contributed by atoms with Gasteiger partial charge in [-0.15, -0.1) is 0 Å². The topological polar surface area (TPSA) is 23.8 Å². The summed E-state index contributed by atoms with van der Waals surface area (Å²) in [6.45, 7) is 7.67. The Balaban J connectivity index is 0. The zero-order valence-electron chi connectivity index (χ0n) is 10.8. The quantitative estimate of drug-likeness (QED) is 0.602. The number of benzene rings is 1. The molecule has 1 aromatic rings. The first-order valence-electron chi connectivity index (χ1n) is 5.31. The fourth-order valence-electron chi connectivity index (χ4n) is 0.921. The first kappa shape index (κ1) is 18.9. The Morgan fingerprint density at radius 1 is 1.47 bits per heavy atom. The van der Waals surface area contributed by atoms with Crippen LogP contribution in [0.4, 0.5) is 0 Å². The van der Waals surface area contributed by atoms with Gasteiger partial charge < -0.3 is 6.92 Å². The minimum Gasteiger partial charge on any atom is -0.343 e. The molecule has 0 atom stereocenters. The van der Waals surface area contributed by atoms with Crippen molar-refractivity contribution in [1.82, 2.24) is 0 Å². The zero-order valence-corrected chi connectivity index (χ0v) is 12.4. The van der Waals surface area contributed by atoms with E-state index in [0.717, 1.165) is 16.5 Å².